The Hall–Kier alpha value is -2.45. The van der Waals surface area contributed by atoms with Crippen molar-refractivity contribution >= 4 is 23.6 Å². The van der Waals surface area contributed by atoms with Gasteiger partial charge in [0.25, 0.3) is 6.23 Å². The van der Waals surface area contributed by atoms with Gasteiger partial charge in [-0.1, -0.05) is 37.5 Å². The van der Waals surface area contributed by atoms with E-state index < -0.39 is 29.9 Å². The van der Waals surface area contributed by atoms with E-state index in [1.165, 1.54) is 4.90 Å². The smallest absolute Gasteiger partial charge is 0.415 e. The number of ether oxygens (including phenoxy) is 1. The number of amides is 3. The van der Waals surface area contributed by atoms with Gasteiger partial charge in [0.1, 0.15) is 5.60 Å². The molecule has 2 atom stereocenters. The summed E-state index contributed by atoms with van der Waals surface area (Å²) in [5, 5.41) is 14.2. The fourth-order valence-electron chi connectivity index (χ4n) is 5.65. The number of anilines is 1. The highest BCUT2D eigenvalue weighted by atomic mass is 16.6. The summed E-state index contributed by atoms with van der Waals surface area (Å²) >= 11 is 0. The van der Waals surface area contributed by atoms with Gasteiger partial charge in [-0.3, -0.25) is 9.69 Å². The van der Waals surface area contributed by atoms with Gasteiger partial charge in [0, 0.05) is 25.3 Å². The van der Waals surface area contributed by atoms with Gasteiger partial charge < -0.3 is 15.2 Å². The molecule has 1 saturated heterocycles. The van der Waals surface area contributed by atoms with Crippen molar-refractivity contribution in [3.63, 3.8) is 0 Å². The van der Waals surface area contributed by atoms with E-state index in [1.54, 1.807) is 20.8 Å². The highest BCUT2D eigenvalue weighted by Gasteiger charge is 2.56. The first kappa shape index (κ1) is 24.7. The monoisotopic (exact) mass is 472 g/mol. The van der Waals surface area contributed by atoms with Crippen LogP contribution >= 0.6 is 0 Å². The predicted molar refractivity (Wildman–Crippen MR) is 128 cm³/mol. The molecular formula is C26H38N3O5+. The third-order valence-electron chi connectivity index (χ3n) is 7.31. The first-order valence-electron chi connectivity index (χ1n) is 12.6. The van der Waals surface area contributed by atoms with Gasteiger partial charge in [0.2, 0.25) is 0 Å². The van der Waals surface area contributed by atoms with Crippen LogP contribution < -0.4 is 10.2 Å². The maximum Gasteiger partial charge on any atom is 0.415 e. The molecule has 2 heterocycles. The minimum atomic E-state index is -1.49. The molecule has 0 radical (unpaired) electrons. The molecular weight excluding hydrogens is 434 g/mol. The molecule has 2 unspecified atom stereocenters. The number of carbonyl (C=O) groups is 3. The molecule has 0 bridgehead atoms. The number of hydrogen-bond donors (Lipinski definition) is 2. The average molecular weight is 473 g/mol. The Labute approximate surface area is 201 Å². The Balaban J connectivity index is 1.61. The Bertz CT molecular complexity index is 929. The lowest BCUT2D eigenvalue weighted by atomic mass is 9.95. The second-order valence-electron chi connectivity index (χ2n) is 10.9. The van der Waals surface area contributed by atoms with Gasteiger partial charge in [-0.05, 0) is 45.2 Å². The van der Waals surface area contributed by atoms with E-state index >= 15 is 0 Å². The number of aliphatic hydroxyl groups excluding tert-OH is 1. The van der Waals surface area contributed by atoms with Gasteiger partial charge in [0.05, 0.1) is 18.8 Å². The number of nitrogens with zero attached hydrogens (tertiary/aromatic N) is 2. The lowest BCUT2D eigenvalue weighted by molar-refractivity contribution is -0.880. The van der Waals surface area contributed by atoms with Gasteiger partial charge in [-0.2, -0.15) is 0 Å². The molecule has 34 heavy (non-hydrogen) atoms. The molecule has 2 aliphatic heterocycles. The number of aliphatic hydroxyl groups is 1. The van der Waals surface area contributed by atoms with Crippen LogP contribution in [0.15, 0.2) is 24.3 Å². The second-order valence-corrected chi connectivity index (χ2v) is 10.9. The normalized spacial score (nSPS) is 23.3. The van der Waals surface area contributed by atoms with Crippen LogP contribution in [0, 0.1) is 0 Å². The molecule has 1 saturated carbocycles. The highest BCUT2D eigenvalue weighted by molar-refractivity contribution is 5.99. The first-order valence-corrected chi connectivity index (χ1v) is 12.6. The summed E-state index contributed by atoms with van der Waals surface area (Å²) in [6.45, 7) is 6.13. The number of likely N-dealkylation sites (tertiary alicyclic amines) is 1. The maximum atomic E-state index is 14.1. The molecule has 186 valence electrons. The van der Waals surface area contributed by atoms with Crippen LogP contribution in [0.4, 0.5) is 10.5 Å². The fourth-order valence-corrected chi connectivity index (χ4v) is 5.65. The molecule has 3 aliphatic rings. The van der Waals surface area contributed by atoms with Crippen molar-refractivity contribution in [1.82, 2.24) is 5.32 Å². The van der Waals surface area contributed by atoms with E-state index in [0.29, 0.717) is 25.2 Å². The van der Waals surface area contributed by atoms with Crippen LogP contribution in [0.25, 0.3) is 0 Å². The summed E-state index contributed by atoms with van der Waals surface area (Å²) in [7, 11) is 0. The minimum absolute atomic E-state index is 0.0441. The predicted octanol–water partition coefficient (Wildman–Crippen LogP) is 3.26. The molecule has 4 rings (SSSR count). The molecule has 8 heteroatoms. The van der Waals surface area contributed by atoms with Gasteiger partial charge in [-0.25, -0.2) is 14.1 Å². The van der Waals surface area contributed by atoms with Crippen LogP contribution in [0.2, 0.25) is 0 Å². The van der Waals surface area contributed by atoms with E-state index in [1.807, 2.05) is 24.3 Å². The number of fused-ring (bicyclic) bond motifs is 1. The van der Waals surface area contributed by atoms with Crippen molar-refractivity contribution in [3.8, 4) is 0 Å². The van der Waals surface area contributed by atoms with Crippen LogP contribution in [-0.4, -0.2) is 64.5 Å². The summed E-state index contributed by atoms with van der Waals surface area (Å²) in [5.74, 6) is -0.785. The van der Waals surface area contributed by atoms with Crippen LogP contribution in [0.5, 0.6) is 0 Å². The van der Waals surface area contributed by atoms with Crippen molar-refractivity contribution in [3.05, 3.63) is 29.8 Å². The third kappa shape index (κ3) is 4.84. The zero-order valence-electron chi connectivity index (χ0n) is 20.6. The van der Waals surface area contributed by atoms with E-state index in [2.05, 4.69) is 5.32 Å². The molecule has 0 aromatic heterocycles. The summed E-state index contributed by atoms with van der Waals surface area (Å²) in [5.41, 5.74) is 0.806. The van der Waals surface area contributed by atoms with E-state index in [4.69, 9.17) is 4.74 Å². The second kappa shape index (κ2) is 9.66. The summed E-state index contributed by atoms with van der Waals surface area (Å²) in [6, 6.07) is 6.64. The number of rotatable bonds is 4. The zero-order chi connectivity index (χ0) is 24.5. The van der Waals surface area contributed by atoms with E-state index in [9.17, 15) is 19.5 Å². The van der Waals surface area contributed by atoms with Crippen LogP contribution in [0.3, 0.4) is 0 Å². The molecule has 1 aromatic carbocycles. The van der Waals surface area contributed by atoms with Crippen molar-refractivity contribution < 1.29 is 28.7 Å². The molecule has 3 amide bonds. The van der Waals surface area contributed by atoms with Gasteiger partial charge in [-0.15, -0.1) is 0 Å². The quantitative estimate of drug-likeness (QED) is 0.656. The zero-order valence-corrected chi connectivity index (χ0v) is 20.6. The highest BCUT2D eigenvalue weighted by Crippen LogP contribution is 2.37. The van der Waals surface area contributed by atoms with Gasteiger partial charge >= 0.3 is 17.9 Å². The molecule has 1 aliphatic carbocycles. The molecule has 2 fully saturated rings. The Kier molecular flexibility index (Phi) is 7.01. The van der Waals surface area contributed by atoms with Crippen molar-refractivity contribution in [2.24, 2.45) is 0 Å². The third-order valence-corrected chi connectivity index (χ3v) is 7.31. The number of hydrogen-bond acceptors (Lipinski definition) is 5. The largest absolute Gasteiger partial charge is 0.443 e. The fraction of sp³-hybridized carbons (Fsp3) is 0.654. The lowest BCUT2D eigenvalue weighted by Crippen LogP contribution is -2.67. The Morgan fingerprint density at radius 3 is 2.35 bits per heavy atom. The van der Waals surface area contributed by atoms with Crippen molar-refractivity contribution in [2.75, 3.05) is 18.0 Å². The summed E-state index contributed by atoms with van der Waals surface area (Å²) in [6.07, 6.45) is 4.83. The SMILES string of the molecule is CC(C)(C)OC(=O)N1c2ccccc2CC1C(=O)[N+]1(C(O)C(=O)NC2CCCCC2)CCCC1. The van der Waals surface area contributed by atoms with Crippen LogP contribution in [0.1, 0.15) is 71.3 Å². The van der Waals surface area contributed by atoms with Crippen LogP contribution in [-0.2, 0) is 20.7 Å². The number of para-hydroxylation sites is 1. The molecule has 8 nitrogen and oxygen atoms in total. The maximum absolute atomic E-state index is 14.1. The van der Waals surface area contributed by atoms with E-state index in [0.717, 1.165) is 50.5 Å². The Morgan fingerprint density at radius 1 is 1.06 bits per heavy atom. The molecule has 0 spiro atoms. The number of carbonyl (C=O) groups excluding carboxylic acids is 3. The minimum Gasteiger partial charge on any atom is -0.443 e. The number of nitrogens with one attached hydrogen (secondary N) is 1. The number of benzene rings is 1. The van der Waals surface area contributed by atoms with Crippen molar-refractivity contribution in [2.45, 2.75) is 96.1 Å². The molecule has 2 N–H and O–H groups in total. The molecule has 1 aromatic rings. The van der Waals surface area contributed by atoms with Gasteiger partial charge in [0.15, 0.2) is 6.04 Å². The van der Waals surface area contributed by atoms with E-state index in [-0.39, 0.29) is 16.4 Å². The van der Waals surface area contributed by atoms with Crippen molar-refractivity contribution in [1.29, 1.82) is 0 Å². The topological polar surface area (TPSA) is 95.9 Å². The number of quaternary nitrogens is 1. The Morgan fingerprint density at radius 2 is 1.71 bits per heavy atom. The first-order chi connectivity index (χ1) is 16.1. The summed E-state index contributed by atoms with van der Waals surface area (Å²) in [4.78, 5) is 41.9. The summed E-state index contributed by atoms with van der Waals surface area (Å²) < 4.78 is 5.31. The average Bonchev–Trinajstić information content (AvgIpc) is 3.43. The lowest BCUT2D eigenvalue weighted by Gasteiger charge is -2.39. The standard InChI is InChI=1S/C26H37N3O5/c1-26(2,3)34-25(33)28-20-14-8-7-11-18(20)17-21(28)23(31)29(15-9-10-16-29)24(32)22(30)27-19-12-5-4-6-13-19/h7-8,11,14,19,21,24,32H,4-6,9-10,12-13,15-17H2,1-3H3/p+1.